The lowest BCUT2D eigenvalue weighted by molar-refractivity contribution is -0.139. The lowest BCUT2D eigenvalue weighted by atomic mass is 10.1. The van der Waals surface area contributed by atoms with Gasteiger partial charge in [-0.2, -0.15) is 0 Å². The van der Waals surface area contributed by atoms with Crippen LogP contribution in [0.15, 0.2) is 23.6 Å². The van der Waals surface area contributed by atoms with E-state index in [0.29, 0.717) is 16.3 Å². The van der Waals surface area contributed by atoms with Crippen molar-refractivity contribution >= 4 is 23.2 Å². The van der Waals surface area contributed by atoms with Crippen molar-refractivity contribution in [3.05, 3.63) is 28.6 Å². The third-order valence-electron chi connectivity index (χ3n) is 3.26. The molecular formula is C14H12N2O4S. The molecule has 0 saturated carbocycles. The topological polar surface area (TPSA) is 90.7 Å². The van der Waals surface area contributed by atoms with Crippen molar-refractivity contribution in [3.8, 4) is 22.8 Å². The molecule has 1 aliphatic heterocycles. The fourth-order valence-corrected chi connectivity index (χ4v) is 2.96. The quantitative estimate of drug-likeness (QED) is 0.845. The lowest BCUT2D eigenvalue weighted by Gasteiger charge is -2.10. The predicted octanol–water partition coefficient (Wildman–Crippen LogP) is 1.87. The average Bonchev–Trinajstić information content (AvgIpc) is 3.01. The van der Waals surface area contributed by atoms with Crippen molar-refractivity contribution in [3.63, 3.8) is 0 Å². The van der Waals surface area contributed by atoms with Crippen LogP contribution in [0, 0.1) is 0 Å². The van der Waals surface area contributed by atoms with Crippen LogP contribution in [-0.4, -0.2) is 31.9 Å². The highest BCUT2D eigenvalue weighted by Gasteiger charge is 2.29. The van der Waals surface area contributed by atoms with Crippen molar-refractivity contribution < 1.29 is 19.8 Å². The molecule has 1 aromatic carbocycles. The van der Waals surface area contributed by atoms with Crippen LogP contribution in [0.2, 0.25) is 0 Å². The van der Waals surface area contributed by atoms with Crippen LogP contribution in [0.1, 0.15) is 17.8 Å². The Morgan fingerprint density at radius 1 is 1.19 bits per heavy atom. The molecule has 0 bridgehead atoms. The van der Waals surface area contributed by atoms with E-state index in [2.05, 4.69) is 4.98 Å². The number of phenols is 2. The van der Waals surface area contributed by atoms with E-state index in [-0.39, 0.29) is 42.7 Å². The van der Waals surface area contributed by atoms with Gasteiger partial charge in [-0.1, -0.05) is 0 Å². The molecule has 0 aliphatic carbocycles. The third kappa shape index (κ3) is 2.59. The minimum absolute atomic E-state index is 0.0278. The van der Waals surface area contributed by atoms with Gasteiger partial charge in [0.15, 0.2) is 0 Å². The van der Waals surface area contributed by atoms with E-state index in [9.17, 15) is 19.8 Å². The second kappa shape index (κ2) is 5.17. The van der Waals surface area contributed by atoms with Crippen molar-refractivity contribution in [1.82, 2.24) is 9.88 Å². The van der Waals surface area contributed by atoms with Crippen LogP contribution in [0.4, 0.5) is 0 Å². The number of nitrogens with zero attached hydrogens (tertiary/aromatic N) is 2. The first-order valence-electron chi connectivity index (χ1n) is 6.34. The van der Waals surface area contributed by atoms with E-state index in [0.717, 1.165) is 0 Å². The van der Waals surface area contributed by atoms with Crippen molar-refractivity contribution in [1.29, 1.82) is 0 Å². The summed E-state index contributed by atoms with van der Waals surface area (Å²) in [5, 5.41) is 21.5. The average molecular weight is 304 g/mol. The Morgan fingerprint density at radius 2 is 1.90 bits per heavy atom. The summed E-state index contributed by atoms with van der Waals surface area (Å²) in [6.45, 7) is 0.168. The van der Waals surface area contributed by atoms with Gasteiger partial charge >= 0.3 is 0 Å². The van der Waals surface area contributed by atoms with Crippen LogP contribution in [0.5, 0.6) is 11.5 Å². The minimum Gasteiger partial charge on any atom is -0.508 e. The van der Waals surface area contributed by atoms with E-state index in [1.54, 1.807) is 11.4 Å². The molecule has 108 valence electrons. The smallest absolute Gasteiger partial charge is 0.230 e. The van der Waals surface area contributed by atoms with Crippen LogP contribution < -0.4 is 0 Å². The molecular weight excluding hydrogens is 292 g/mol. The zero-order valence-electron chi connectivity index (χ0n) is 10.9. The number of benzene rings is 1. The van der Waals surface area contributed by atoms with Crippen molar-refractivity contribution in [2.45, 2.75) is 19.4 Å². The number of hydrogen-bond acceptors (Lipinski definition) is 6. The standard InChI is InChI=1S/C14H12N2O4S/c17-8-1-2-9(11(18)5-8)10-7-21-12(15-10)6-16-13(19)3-4-14(16)20/h1-2,5,7,17-18H,3-4,6H2. The van der Waals surface area contributed by atoms with Crippen molar-refractivity contribution in [2.75, 3.05) is 0 Å². The molecule has 0 radical (unpaired) electrons. The highest BCUT2D eigenvalue weighted by molar-refractivity contribution is 7.09. The van der Waals surface area contributed by atoms with E-state index < -0.39 is 0 Å². The Bertz CT molecular complexity index is 710. The predicted molar refractivity (Wildman–Crippen MR) is 75.7 cm³/mol. The molecule has 0 unspecified atom stereocenters. The maximum atomic E-state index is 11.6. The minimum atomic E-state index is -0.177. The number of phenolic OH excluding ortho intramolecular Hbond substituents is 2. The normalized spacial score (nSPS) is 15.0. The third-order valence-corrected chi connectivity index (χ3v) is 4.09. The number of imide groups is 1. The first-order chi connectivity index (χ1) is 10.0. The Hall–Kier alpha value is -2.41. The number of rotatable bonds is 3. The van der Waals surface area contributed by atoms with Crippen LogP contribution in [0.25, 0.3) is 11.3 Å². The van der Waals surface area contributed by atoms with Gasteiger partial charge in [0, 0.05) is 29.9 Å². The fourth-order valence-electron chi connectivity index (χ4n) is 2.18. The molecule has 21 heavy (non-hydrogen) atoms. The van der Waals surface area contributed by atoms with Gasteiger partial charge in [0.25, 0.3) is 0 Å². The molecule has 6 nitrogen and oxygen atoms in total. The van der Waals surface area contributed by atoms with Gasteiger partial charge in [-0.05, 0) is 12.1 Å². The molecule has 3 rings (SSSR count). The van der Waals surface area contributed by atoms with E-state index in [1.807, 2.05) is 0 Å². The number of aromatic hydroxyl groups is 2. The Labute approximate surface area is 124 Å². The van der Waals surface area contributed by atoms with Gasteiger partial charge in [0.1, 0.15) is 16.5 Å². The first kappa shape index (κ1) is 13.6. The molecule has 7 heteroatoms. The highest BCUT2D eigenvalue weighted by atomic mass is 32.1. The number of likely N-dealkylation sites (tertiary alicyclic amines) is 1. The van der Waals surface area contributed by atoms with E-state index in [1.165, 1.54) is 28.4 Å². The second-order valence-electron chi connectivity index (χ2n) is 4.70. The number of amides is 2. The van der Waals surface area contributed by atoms with Crippen molar-refractivity contribution in [2.24, 2.45) is 0 Å². The van der Waals surface area contributed by atoms with Gasteiger partial charge in [0.05, 0.1) is 12.2 Å². The van der Waals surface area contributed by atoms with Gasteiger partial charge in [-0.3, -0.25) is 14.5 Å². The van der Waals surface area contributed by atoms with Crippen LogP contribution in [-0.2, 0) is 16.1 Å². The summed E-state index contributed by atoms with van der Waals surface area (Å²) in [5.41, 5.74) is 1.04. The molecule has 2 amide bonds. The second-order valence-corrected chi connectivity index (χ2v) is 5.64. The number of aromatic nitrogens is 1. The van der Waals surface area contributed by atoms with E-state index in [4.69, 9.17) is 0 Å². The molecule has 2 N–H and O–H groups in total. The number of hydrogen-bond donors (Lipinski definition) is 2. The Morgan fingerprint density at radius 3 is 2.57 bits per heavy atom. The summed E-state index contributed by atoms with van der Waals surface area (Å²) < 4.78 is 0. The summed E-state index contributed by atoms with van der Waals surface area (Å²) >= 11 is 1.32. The molecule has 0 atom stereocenters. The molecule has 1 aromatic heterocycles. The molecule has 1 fully saturated rings. The summed E-state index contributed by atoms with van der Waals surface area (Å²) in [5.74, 6) is -0.450. The van der Waals surface area contributed by atoms with Crippen LogP contribution >= 0.6 is 11.3 Å². The Kier molecular flexibility index (Phi) is 3.34. The van der Waals surface area contributed by atoms with Gasteiger partial charge < -0.3 is 10.2 Å². The fraction of sp³-hybridized carbons (Fsp3) is 0.214. The Balaban J connectivity index is 1.83. The summed E-state index contributed by atoms with van der Waals surface area (Å²) in [6, 6.07) is 4.26. The molecule has 1 aliphatic rings. The zero-order chi connectivity index (χ0) is 15.0. The van der Waals surface area contributed by atoms with E-state index >= 15 is 0 Å². The largest absolute Gasteiger partial charge is 0.508 e. The zero-order valence-corrected chi connectivity index (χ0v) is 11.8. The highest BCUT2D eigenvalue weighted by Crippen LogP contribution is 2.33. The lowest BCUT2D eigenvalue weighted by Crippen LogP contribution is -2.28. The van der Waals surface area contributed by atoms with Crippen LogP contribution in [0.3, 0.4) is 0 Å². The molecule has 0 spiro atoms. The maximum Gasteiger partial charge on any atom is 0.230 e. The molecule has 2 aromatic rings. The summed E-state index contributed by atoms with van der Waals surface area (Å²) in [6.07, 6.45) is 0.519. The van der Waals surface area contributed by atoms with Gasteiger partial charge in [0.2, 0.25) is 11.8 Å². The maximum absolute atomic E-state index is 11.6. The SMILES string of the molecule is O=C1CCC(=O)N1Cc1nc(-c2ccc(O)cc2O)cs1. The summed E-state index contributed by atoms with van der Waals surface area (Å²) in [4.78, 5) is 28.7. The van der Waals surface area contributed by atoms with Gasteiger partial charge in [-0.15, -0.1) is 11.3 Å². The number of thiazole rings is 1. The molecule has 2 heterocycles. The monoisotopic (exact) mass is 304 g/mol. The first-order valence-corrected chi connectivity index (χ1v) is 7.22. The number of carbonyl (C=O) groups is 2. The van der Waals surface area contributed by atoms with Gasteiger partial charge in [-0.25, -0.2) is 4.98 Å². The number of carbonyl (C=O) groups excluding carboxylic acids is 2. The summed E-state index contributed by atoms with van der Waals surface area (Å²) in [7, 11) is 0. The molecule has 1 saturated heterocycles.